The molecule has 1 amide bonds. The molecule has 2 atom stereocenters. The van der Waals surface area contributed by atoms with Gasteiger partial charge in [0.2, 0.25) is 0 Å². The molecule has 6 aliphatic heterocycles. The van der Waals surface area contributed by atoms with E-state index >= 15 is 0 Å². The van der Waals surface area contributed by atoms with Gasteiger partial charge in [-0.1, -0.05) is 0 Å². The number of carbonyl (C=O) groups is 15. The van der Waals surface area contributed by atoms with Gasteiger partial charge in [0.1, 0.15) is 12.1 Å². The van der Waals surface area contributed by atoms with Crippen LogP contribution in [0.2, 0.25) is 0 Å². The molecule has 2 saturated heterocycles. The Kier molecular flexibility index (Phi) is 60.7. The SMILES string of the molecule is C#CC.CC(C)(C)N.CCOC(=O)C(=O)Cl.CCOC(=O)C(=O)c1cc(C(=O)OC)c2n1CCC2.COC(=O)c1cc(C(=O)C(=O)NC(C)(C)C)n2c1CCC2.COC(=O)c1cc(C(=O)C(=O)O)n2c1CCC2.COC(=O)c1ccn2c1CCC2.N[N-]O.N[N-]O.O=C(O)C1CCCN1.O=C(O)C1CCCN1.O=C=O.O=CO.[Li+].[Li+]. The van der Waals surface area contributed by atoms with Crippen molar-refractivity contribution in [1.29, 1.82) is 0 Å². The fraction of sp³-hybridized carbons (Fsp3) is 0.521. The molecule has 0 aromatic carbocycles. The van der Waals surface area contributed by atoms with Crippen LogP contribution in [0.5, 0.6) is 0 Å². The molecule has 630 valence electrons. The number of fused-ring (bicyclic) bond motifs is 4. The maximum atomic E-state index is 12.3. The molecular weight excluding hydrogens is 1530 g/mol. The van der Waals surface area contributed by atoms with Crippen molar-refractivity contribution in [2.75, 3.05) is 54.7 Å². The van der Waals surface area contributed by atoms with Gasteiger partial charge in [-0.3, -0.25) is 38.4 Å². The second-order valence-corrected chi connectivity index (χ2v) is 25.5. The van der Waals surface area contributed by atoms with Gasteiger partial charge in [0.25, 0.3) is 29.7 Å². The summed E-state index contributed by atoms with van der Waals surface area (Å²) in [4.78, 5) is 181. The number of aryl methyl sites for hydroxylation is 1. The minimum atomic E-state index is -1.52. The molecule has 0 bridgehead atoms. The monoisotopic (exact) mass is 1640 g/mol. The normalized spacial score (nSPS) is 13.7. The number of nitrogens with zero attached hydrogens (tertiary/aromatic N) is 6. The Balaban J connectivity index is -0.000000401. The first-order chi connectivity index (χ1) is 53.1. The molecule has 44 heteroatoms. The quantitative estimate of drug-likeness (QED) is 0.00569. The number of nitrogens with two attached hydrogens (primary N) is 3. The number of amides is 1. The Hall–Kier alpha value is -9.97. The van der Waals surface area contributed by atoms with Crippen LogP contribution in [-0.2, 0) is 128 Å². The molecule has 2 unspecified atom stereocenters. The van der Waals surface area contributed by atoms with Gasteiger partial charge >= 0.3 is 103 Å². The smallest absolute Gasteiger partial charge is 0.488 e. The Morgan fingerprint density at radius 3 is 1.14 bits per heavy atom. The van der Waals surface area contributed by atoms with Crippen LogP contribution >= 0.6 is 11.6 Å². The zero-order valence-electron chi connectivity index (χ0n) is 67.2. The molecule has 10 heterocycles. The van der Waals surface area contributed by atoms with Crippen LogP contribution in [-0.4, -0.2) is 222 Å². The average molecular weight is 1640 g/mol. The first kappa shape index (κ1) is 114. The van der Waals surface area contributed by atoms with E-state index in [0.29, 0.717) is 55.7 Å². The number of Topliss-reactive ketones (excluding diaryl/α,β-unsaturated/α-hetero) is 3. The molecule has 0 radical (unpaired) electrons. The summed E-state index contributed by atoms with van der Waals surface area (Å²) in [6.07, 6.45) is 17.0. The van der Waals surface area contributed by atoms with Crippen LogP contribution < -0.4 is 71.1 Å². The van der Waals surface area contributed by atoms with Crippen molar-refractivity contribution in [1.82, 2.24) is 34.2 Å². The van der Waals surface area contributed by atoms with E-state index in [1.165, 1.54) is 46.6 Å². The van der Waals surface area contributed by atoms with E-state index in [4.69, 9.17) is 72.0 Å². The van der Waals surface area contributed by atoms with Crippen molar-refractivity contribution in [3.63, 3.8) is 0 Å². The van der Waals surface area contributed by atoms with Crippen molar-refractivity contribution in [2.45, 2.75) is 189 Å². The number of hydrogen-bond acceptors (Lipinski definition) is 30. The Labute approximate surface area is 692 Å². The Bertz CT molecular complexity index is 3850. The summed E-state index contributed by atoms with van der Waals surface area (Å²) in [6, 6.07) is 5.48. The van der Waals surface area contributed by atoms with Crippen molar-refractivity contribution < 1.29 is 178 Å². The molecule has 2 fully saturated rings. The fourth-order valence-corrected chi connectivity index (χ4v) is 10.6. The number of esters is 6. The summed E-state index contributed by atoms with van der Waals surface area (Å²) in [5.41, 5.74) is 14.4. The average Bonchev–Trinajstić information content (AvgIpc) is 1.65. The summed E-state index contributed by atoms with van der Waals surface area (Å²) in [7, 11) is 5.25. The fourth-order valence-electron chi connectivity index (χ4n) is 10.6. The zero-order chi connectivity index (χ0) is 87.5. The van der Waals surface area contributed by atoms with Gasteiger partial charge in [-0.25, -0.2) is 33.6 Å². The maximum Gasteiger partial charge on any atom is 1.00 e. The first-order valence-corrected chi connectivity index (χ1v) is 34.6. The topological polar surface area (TPSA) is 629 Å². The number of carbonyl (C=O) groups excluding carboxylic acids is 13. The minimum Gasteiger partial charge on any atom is -0.488 e. The number of ketones is 3. The van der Waals surface area contributed by atoms with E-state index < -0.39 is 81.8 Å². The van der Waals surface area contributed by atoms with E-state index in [9.17, 15) is 67.1 Å². The van der Waals surface area contributed by atoms with Crippen LogP contribution in [0, 0.1) is 12.3 Å². The number of aromatic nitrogens is 4. The second-order valence-electron chi connectivity index (χ2n) is 25.1. The molecule has 0 aliphatic carbocycles. The summed E-state index contributed by atoms with van der Waals surface area (Å²) >= 11 is 4.69. The van der Waals surface area contributed by atoms with Crippen LogP contribution in [0.3, 0.4) is 0 Å². The molecule has 41 nitrogen and oxygen atoms in total. The van der Waals surface area contributed by atoms with Crippen molar-refractivity contribution >= 4 is 106 Å². The molecule has 15 N–H and O–H groups in total. The van der Waals surface area contributed by atoms with Crippen LogP contribution in [0.15, 0.2) is 30.5 Å². The summed E-state index contributed by atoms with van der Waals surface area (Å²) in [6.45, 7) is 20.8. The Morgan fingerprint density at radius 1 is 0.583 bits per heavy atom. The van der Waals surface area contributed by atoms with Gasteiger partial charge in [-0.15, -0.1) is 12.3 Å². The third-order valence-corrected chi connectivity index (χ3v) is 14.9. The van der Waals surface area contributed by atoms with E-state index in [2.05, 4.69) is 63.5 Å². The number of nitrogens with one attached hydrogen (secondary N) is 3. The van der Waals surface area contributed by atoms with Gasteiger partial charge in [0.15, 0.2) is 0 Å². The van der Waals surface area contributed by atoms with Crippen molar-refractivity contribution in [3.8, 4) is 12.3 Å². The molecule has 115 heavy (non-hydrogen) atoms. The number of methoxy groups -OCH3 is 4. The number of rotatable bonds is 15. The molecule has 10 rings (SSSR count). The van der Waals surface area contributed by atoms with Crippen LogP contribution in [0.4, 0.5) is 0 Å². The predicted octanol–water partition coefficient (Wildman–Crippen LogP) is -2.29. The van der Waals surface area contributed by atoms with E-state index in [1.807, 2.05) is 44.2 Å². The van der Waals surface area contributed by atoms with E-state index in [1.54, 1.807) is 55.2 Å². The zero-order valence-corrected chi connectivity index (χ0v) is 68.0. The number of aliphatic carboxylic acids is 3. The Morgan fingerprint density at radius 2 is 0.878 bits per heavy atom. The summed E-state index contributed by atoms with van der Waals surface area (Å²) < 4.78 is 34.7. The van der Waals surface area contributed by atoms with Gasteiger partial charge in [0.05, 0.1) is 81.0 Å². The molecular formula is C71H103ClLi2N12O29. The van der Waals surface area contributed by atoms with E-state index in [0.717, 1.165) is 100 Å². The van der Waals surface area contributed by atoms with Gasteiger partial charge in [-0.2, -0.15) is 9.59 Å². The maximum absolute atomic E-state index is 12.3. The van der Waals surface area contributed by atoms with E-state index in [-0.39, 0.29) is 110 Å². The van der Waals surface area contributed by atoms with Crippen molar-refractivity contribution in [3.05, 3.63) is 104 Å². The van der Waals surface area contributed by atoms with Crippen molar-refractivity contribution in [2.24, 2.45) is 17.4 Å². The standard InChI is InChI=1S/C15H20N2O4.C13H15NO5.C11H11NO5.C9H11NO2.2C5H9NO2.C4H5ClO3.C4H11N.C3H4.CH2O2.CO2.2Li.2H3N2O/c1-15(2,3)16-13(19)12(18)11-8-9(14(20)21-4)10-6-5-7-17(10)11;1-3-19-13(17)11(15)10-7-8(12(16)18-2)9-5-4-6-14(9)10;1-17-11(16)6-5-8(9(13)10(14)15)12-4-2-3-7(6)12;1-12-9(11)7-4-6-10-5-2-3-8(7)10;2*7-5(8)4-2-1-3-6-4;1-2-8-4(7)3(5)6;1-4(2,3)5;1-3-2;2*2-1-3;;;2*1-2-3/h8H,5-7H2,1-4H3,(H,16,19);7H,3-6H2,1-2H3;5H,2-4H2,1H3,(H,14,15);4,6H,2-3,5H2,1H3;2*4,6H,1-3H2,(H,7,8);2H2,1H3;5H2,1-3H3;1H,2H3;1H,(H,2,3);;;;2*3H,1H2/q;;;;;;;;;;;2*+1;2*-1. The predicted molar refractivity (Wildman–Crippen MR) is 397 cm³/mol. The summed E-state index contributed by atoms with van der Waals surface area (Å²) in [5, 5.41) is 53.5. The minimum absolute atomic E-state index is 0. The van der Waals surface area contributed by atoms with Crippen LogP contribution in [0.1, 0.15) is 209 Å². The van der Waals surface area contributed by atoms with Gasteiger partial charge < -0.3 is 122 Å². The number of carboxylic acids is 3. The number of hydrogen-bond donors (Lipinski definition) is 12. The number of ether oxygens (including phenoxy) is 6. The van der Waals surface area contributed by atoms with Gasteiger partial charge in [-0.05, 0) is 188 Å². The number of terminal acetylenes is 1. The third-order valence-electron chi connectivity index (χ3n) is 14.7. The largest absolute Gasteiger partial charge is 1.00 e. The molecule has 4 aromatic rings. The molecule has 0 spiro atoms. The molecule has 4 aromatic heterocycles. The molecule has 6 aliphatic rings. The summed E-state index contributed by atoms with van der Waals surface area (Å²) in [5.74, 6) is 0.729. The van der Waals surface area contributed by atoms with Crippen LogP contribution in [0.25, 0.3) is 11.2 Å². The molecule has 0 saturated carbocycles. The number of carboxylic acid groups (broad SMARTS) is 4. The second kappa shape index (κ2) is 61.5. The van der Waals surface area contributed by atoms with Gasteiger partial charge in [0, 0.05) is 66.2 Å². The third kappa shape index (κ3) is 42.3. The first-order valence-electron chi connectivity index (χ1n) is 34.2. The number of halogens is 1.